The van der Waals surface area contributed by atoms with E-state index in [0.29, 0.717) is 23.1 Å². The van der Waals surface area contributed by atoms with Crippen molar-refractivity contribution in [2.75, 3.05) is 40.2 Å². The molecule has 22 nitrogen and oxygen atoms in total. The molecule has 3 aromatic carbocycles. The van der Waals surface area contributed by atoms with Gasteiger partial charge in [-0.1, -0.05) is 6.58 Å². The molecular formula is C29H26F2N8O14S5. The van der Waals surface area contributed by atoms with Crippen LogP contribution in [0.2, 0.25) is 0 Å². The normalized spacial score (nSPS) is 13.8. The molecule has 0 amide bonds. The van der Waals surface area contributed by atoms with Crippen molar-refractivity contribution >= 4 is 97.9 Å². The lowest BCUT2D eigenvalue weighted by atomic mass is 10.1. The molecule has 8 N–H and O–H groups in total. The van der Waals surface area contributed by atoms with Crippen molar-refractivity contribution in [1.82, 2.24) is 15.0 Å². The van der Waals surface area contributed by atoms with E-state index in [0.717, 1.165) is 12.1 Å². The number of aromatic hydroxyl groups is 1. The molecule has 0 fully saturated rings. The van der Waals surface area contributed by atoms with Crippen molar-refractivity contribution < 1.29 is 70.9 Å². The Hall–Kier alpha value is -5.24. The number of fused-ring (bicyclic) bond motifs is 1. The predicted octanol–water partition coefficient (Wildman–Crippen LogP) is 3.70. The molecular weight excluding hydrogens is 883 g/mol. The second-order valence-corrected chi connectivity index (χ2v) is 18.1. The summed E-state index contributed by atoms with van der Waals surface area (Å²) in [4.78, 5) is 7.47. The van der Waals surface area contributed by atoms with Crippen LogP contribution in [0.25, 0.3) is 10.8 Å². The second-order valence-electron chi connectivity index (χ2n) is 11.3. The Balaban J connectivity index is 1.76. The number of phenols is 1. The van der Waals surface area contributed by atoms with Crippen LogP contribution < -0.4 is 15.5 Å². The predicted molar refractivity (Wildman–Crippen MR) is 201 cm³/mol. The van der Waals surface area contributed by atoms with Gasteiger partial charge in [-0.3, -0.25) is 23.1 Å². The number of azo groups is 1. The van der Waals surface area contributed by atoms with Gasteiger partial charge in [0.2, 0.25) is 17.8 Å². The van der Waals surface area contributed by atoms with Crippen molar-refractivity contribution in [3.05, 3.63) is 72.6 Å². The van der Waals surface area contributed by atoms with Crippen LogP contribution in [0.1, 0.15) is 0 Å². The molecule has 0 bridgehead atoms. The fourth-order valence-corrected chi connectivity index (χ4v) is 8.31. The highest BCUT2D eigenvalue weighted by molar-refractivity contribution is 7.99. The zero-order chi connectivity index (χ0) is 43.0. The van der Waals surface area contributed by atoms with E-state index in [4.69, 9.17) is 5.11 Å². The number of allylic oxidation sites excluding steroid dienone is 3. The summed E-state index contributed by atoms with van der Waals surface area (Å²) < 4.78 is 166. The van der Waals surface area contributed by atoms with Crippen LogP contribution in [0.4, 0.5) is 43.7 Å². The quantitative estimate of drug-likeness (QED) is 0.0479. The van der Waals surface area contributed by atoms with Crippen LogP contribution in [0, 0.1) is 11.6 Å². The van der Waals surface area contributed by atoms with Gasteiger partial charge in [0, 0.05) is 41.9 Å². The van der Waals surface area contributed by atoms with Gasteiger partial charge < -0.3 is 20.8 Å². The molecule has 29 heteroatoms. The summed E-state index contributed by atoms with van der Waals surface area (Å²) in [6.07, 6.45) is 6.31. The maximum Gasteiger partial charge on any atom is 0.300 e. The number of aliphatic hydroxyl groups is 1. The van der Waals surface area contributed by atoms with Gasteiger partial charge in [-0.2, -0.15) is 60.4 Å². The van der Waals surface area contributed by atoms with E-state index in [-0.39, 0.29) is 42.8 Å². The number of hydrogen-bond donors (Lipinski definition) is 8. The number of benzene rings is 3. The molecule has 310 valence electrons. The molecule has 0 saturated carbocycles. The van der Waals surface area contributed by atoms with E-state index in [1.807, 2.05) is 0 Å². The number of aliphatic hydroxyl groups excluding tert-OH is 1. The lowest BCUT2D eigenvalue weighted by molar-refractivity contribution is 0.322. The van der Waals surface area contributed by atoms with Crippen LogP contribution in [-0.4, -0.2) is 102 Å². The van der Waals surface area contributed by atoms with E-state index in [9.17, 15) is 61.4 Å². The molecule has 0 saturated heterocycles. The summed E-state index contributed by atoms with van der Waals surface area (Å²) in [5.41, 5.74) is -2.71. The Morgan fingerprint density at radius 2 is 1.41 bits per heavy atom. The first kappa shape index (κ1) is 43.9. The van der Waals surface area contributed by atoms with Gasteiger partial charge >= 0.3 is 0 Å². The van der Waals surface area contributed by atoms with Crippen molar-refractivity contribution in [2.24, 2.45) is 10.2 Å². The third kappa shape index (κ3) is 9.71. The summed E-state index contributed by atoms with van der Waals surface area (Å²) >= 11 is 1.40. The minimum Gasteiger partial charge on any atom is -0.505 e. The molecule has 58 heavy (non-hydrogen) atoms. The third-order valence-corrected chi connectivity index (χ3v) is 11.9. The summed E-state index contributed by atoms with van der Waals surface area (Å²) in [5.74, 6) is -5.64. The number of phenolic OH excluding ortho intramolecular Hbond substituents is 1. The van der Waals surface area contributed by atoms with Crippen molar-refractivity contribution in [3.8, 4) is 5.75 Å². The van der Waals surface area contributed by atoms with E-state index in [1.165, 1.54) is 16.7 Å². The summed E-state index contributed by atoms with van der Waals surface area (Å²) in [7, 11) is -22.6. The van der Waals surface area contributed by atoms with Crippen LogP contribution >= 0.6 is 11.8 Å². The average Bonchev–Trinajstić information content (AvgIpc) is 3.09. The molecule has 4 aromatic rings. The highest BCUT2D eigenvalue weighted by Gasteiger charge is 2.33. The summed E-state index contributed by atoms with van der Waals surface area (Å²) in [6.45, 7) is 4.02. The third-order valence-electron chi connectivity index (χ3n) is 7.38. The maximum absolute atomic E-state index is 15.1. The van der Waals surface area contributed by atoms with Crippen molar-refractivity contribution in [3.63, 3.8) is 0 Å². The molecule has 2 heterocycles. The van der Waals surface area contributed by atoms with Gasteiger partial charge in [0.1, 0.15) is 27.0 Å². The first-order valence-electron chi connectivity index (χ1n) is 15.4. The standard InChI is InChI=1S/C29H26F2N8O14S5/c1-14-4-7-39(8-5-14)29-35-27(32-6-10-54-11-9-40)34-28(36-29)33-17-2-3-19(55(42,43)44)15-12-20(56(45,46)47)23(24(41)21(15)17)38-37-18-13-16(30)25(57(48,49)50)22(31)26(18)58(51,52)53/h2-5,7-8,12-13,40-41H,1,6,9-11H2,(H,42,43,44)(H,45,46,47)(H,48,49,50)(H,51,52,53)(H2,32,33,34,35,36). The highest BCUT2D eigenvalue weighted by Crippen LogP contribution is 2.47. The Morgan fingerprint density at radius 3 is 2.00 bits per heavy atom. The summed E-state index contributed by atoms with van der Waals surface area (Å²) in [5, 5.41) is 31.1. The minimum atomic E-state index is -5.90. The maximum atomic E-state index is 15.1. The van der Waals surface area contributed by atoms with E-state index in [1.54, 1.807) is 24.6 Å². The first-order chi connectivity index (χ1) is 26.9. The number of anilines is 4. The van der Waals surface area contributed by atoms with Crippen LogP contribution in [0.15, 0.2) is 90.8 Å². The highest BCUT2D eigenvalue weighted by atomic mass is 32.2. The van der Waals surface area contributed by atoms with E-state index < -0.39 is 99.6 Å². The molecule has 0 aliphatic carbocycles. The molecule has 1 aromatic heterocycles. The molecule has 0 radical (unpaired) electrons. The summed E-state index contributed by atoms with van der Waals surface area (Å²) in [6, 6.07) is 1.88. The second kappa shape index (κ2) is 16.6. The molecule has 5 rings (SSSR count). The van der Waals surface area contributed by atoms with Crippen LogP contribution in [0.3, 0.4) is 0 Å². The van der Waals surface area contributed by atoms with Gasteiger partial charge in [-0.15, -0.1) is 10.2 Å². The van der Waals surface area contributed by atoms with Gasteiger partial charge in [0.05, 0.1) is 17.7 Å². The minimum absolute atomic E-state index is 0.0247. The molecule has 1 aliphatic rings. The number of nitrogens with zero attached hydrogens (tertiary/aromatic N) is 6. The Kier molecular flexibility index (Phi) is 12.5. The van der Waals surface area contributed by atoms with Crippen molar-refractivity contribution in [2.45, 2.75) is 19.6 Å². The number of nitrogens with one attached hydrogen (secondary N) is 2. The monoisotopic (exact) mass is 908 g/mol. The van der Waals surface area contributed by atoms with E-state index in [2.05, 4.69) is 42.4 Å². The Morgan fingerprint density at radius 1 is 0.793 bits per heavy atom. The Bertz CT molecular complexity index is 2900. The number of hydrogen-bond acceptors (Lipinski definition) is 19. The number of thioether (sulfide) groups is 1. The fraction of sp³-hybridized carbons (Fsp3) is 0.138. The number of rotatable bonds is 15. The SMILES string of the molecule is C=C1C=CN(c2nc(NCCSCCO)nc(Nc3ccc(S(=O)(=O)O)c4cc(S(=O)(=O)O)c(N=Nc5cc(F)c(S(=O)(=O)O)c(F)c5S(=O)(=O)O)c(O)c34)n2)C=C1. The fourth-order valence-electron chi connectivity index (χ4n) is 5.02. The van der Waals surface area contributed by atoms with Gasteiger partial charge in [0.25, 0.3) is 40.5 Å². The zero-order valence-corrected chi connectivity index (χ0v) is 32.7. The zero-order valence-electron chi connectivity index (χ0n) is 28.6. The largest absolute Gasteiger partial charge is 0.505 e. The molecule has 0 spiro atoms. The van der Waals surface area contributed by atoms with Gasteiger partial charge in [-0.05, 0) is 35.9 Å². The molecule has 1 aliphatic heterocycles. The molecule has 0 unspecified atom stereocenters. The Labute approximate surface area is 330 Å². The van der Waals surface area contributed by atoms with Gasteiger partial charge in [0.15, 0.2) is 21.4 Å². The van der Waals surface area contributed by atoms with E-state index >= 15 is 4.39 Å². The lowest BCUT2D eigenvalue weighted by Crippen LogP contribution is -2.17. The smallest absolute Gasteiger partial charge is 0.300 e. The van der Waals surface area contributed by atoms with Crippen LogP contribution in [-0.2, 0) is 40.5 Å². The first-order valence-corrected chi connectivity index (χ1v) is 22.3. The van der Waals surface area contributed by atoms with Crippen LogP contribution in [0.5, 0.6) is 5.75 Å². The number of aromatic nitrogens is 3. The average molecular weight is 909 g/mol. The number of halogens is 2. The lowest BCUT2D eigenvalue weighted by Gasteiger charge is -2.19. The van der Waals surface area contributed by atoms with Crippen molar-refractivity contribution in [1.29, 1.82) is 0 Å². The molecule has 0 atom stereocenters. The van der Waals surface area contributed by atoms with Gasteiger partial charge in [-0.25, -0.2) is 8.78 Å². The topological polar surface area (TPSA) is 349 Å².